The van der Waals surface area contributed by atoms with Gasteiger partial charge in [0.05, 0.1) is 7.11 Å². The molecule has 0 aromatic heterocycles. The van der Waals surface area contributed by atoms with E-state index in [0.29, 0.717) is 5.56 Å². The number of hydrogen-bond donors (Lipinski definition) is 1. The highest BCUT2D eigenvalue weighted by Gasteiger charge is 2.07. The maximum absolute atomic E-state index is 9.47. The smallest absolute Gasteiger partial charge is 0.189 e. The molecule has 1 N–H and O–H groups in total. The molecule has 0 aliphatic carbocycles. The van der Waals surface area contributed by atoms with E-state index in [9.17, 15) is 5.11 Å². The molecular formula is C14H12O2S. The van der Waals surface area contributed by atoms with E-state index in [1.54, 1.807) is 7.11 Å². The number of hydrogen-bond acceptors (Lipinski definition) is 2. The van der Waals surface area contributed by atoms with Crippen molar-refractivity contribution in [1.82, 2.24) is 0 Å². The Morgan fingerprint density at radius 3 is 2.29 bits per heavy atom. The van der Waals surface area contributed by atoms with Crippen LogP contribution in [0.5, 0.6) is 5.75 Å². The second-order valence-electron chi connectivity index (χ2n) is 3.58. The molecule has 0 spiro atoms. The molecule has 0 aliphatic heterocycles. The first kappa shape index (κ1) is 11.6. The standard InChI is InChI=1S/C14H12O2S/c1-16-11-8-6-10(7-9-11)12-4-2-3-5-13(12)14(15)17/h2-9H,1H3,(H,15,17). The van der Waals surface area contributed by atoms with E-state index < -0.39 is 0 Å². The first-order chi connectivity index (χ1) is 8.22. The average molecular weight is 244 g/mol. The molecule has 0 aliphatic rings. The van der Waals surface area contributed by atoms with Crippen LogP contribution in [0, 0.1) is 0 Å². The van der Waals surface area contributed by atoms with Gasteiger partial charge in [0.15, 0.2) is 5.05 Å². The Kier molecular flexibility index (Phi) is 3.40. The molecule has 0 bridgehead atoms. The van der Waals surface area contributed by atoms with Crippen LogP contribution in [0.25, 0.3) is 11.1 Å². The third kappa shape index (κ3) is 2.45. The van der Waals surface area contributed by atoms with Crippen molar-refractivity contribution in [3.05, 3.63) is 54.1 Å². The van der Waals surface area contributed by atoms with Gasteiger partial charge < -0.3 is 9.84 Å². The molecule has 0 radical (unpaired) electrons. The molecule has 0 atom stereocenters. The van der Waals surface area contributed by atoms with E-state index in [1.165, 1.54) is 0 Å². The van der Waals surface area contributed by atoms with Gasteiger partial charge in [0.2, 0.25) is 0 Å². The molecule has 17 heavy (non-hydrogen) atoms. The monoisotopic (exact) mass is 244 g/mol. The summed E-state index contributed by atoms with van der Waals surface area (Å²) in [6.07, 6.45) is 0. The molecule has 2 aromatic rings. The summed E-state index contributed by atoms with van der Waals surface area (Å²) in [5.41, 5.74) is 2.59. The highest BCUT2D eigenvalue weighted by molar-refractivity contribution is 7.80. The molecule has 0 heterocycles. The van der Waals surface area contributed by atoms with Crippen molar-refractivity contribution in [3.8, 4) is 16.9 Å². The Balaban J connectivity index is 2.48. The van der Waals surface area contributed by atoms with E-state index in [0.717, 1.165) is 16.9 Å². The van der Waals surface area contributed by atoms with Crippen LogP contribution in [0.15, 0.2) is 48.5 Å². The number of benzene rings is 2. The molecule has 0 saturated heterocycles. The van der Waals surface area contributed by atoms with Gasteiger partial charge in [0, 0.05) is 5.56 Å². The van der Waals surface area contributed by atoms with Crippen LogP contribution >= 0.6 is 12.2 Å². The van der Waals surface area contributed by atoms with Crippen LogP contribution in [-0.2, 0) is 0 Å². The van der Waals surface area contributed by atoms with Crippen molar-refractivity contribution in [2.45, 2.75) is 0 Å². The second-order valence-corrected chi connectivity index (χ2v) is 3.97. The minimum Gasteiger partial charge on any atom is -0.499 e. The maximum atomic E-state index is 9.47. The Morgan fingerprint density at radius 2 is 1.71 bits per heavy atom. The van der Waals surface area contributed by atoms with Gasteiger partial charge in [-0.2, -0.15) is 0 Å². The maximum Gasteiger partial charge on any atom is 0.189 e. The van der Waals surface area contributed by atoms with Crippen LogP contribution in [0.4, 0.5) is 0 Å². The number of methoxy groups -OCH3 is 1. The predicted octanol–water partition coefficient (Wildman–Crippen LogP) is 3.60. The van der Waals surface area contributed by atoms with Crippen LogP contribution in [0.2, 0.25) is 0 Å². The largest absolute Gasteiger partial charge is 0.499 e. The van der Waals surface area contributed by atoms with Gasteiger partial charge in [0.1, 0.15) is 5.75 Å². The number of thiocarbonyl (C=S) groups is 1. The zero-order valence-electron chi connectivity index (χ0n) is 9.38. The average Bonchev–Trinajstić information content (AvgIpc) is 2.39. The third-order valence-corrected chi connectivity index (χ3v) is 2.78. The van der Waals surface area contributed by atoms with E-state index >= 15 is 0 Å². The highest BCUT2D eigenvalue weighted by Crippen LogP contribution is 2.25. The normalized spacial score (nSPS) is 9.94. The van der Waals surface area contributed by atoms with Crippen molar-refractivity contribution in [2.24, 2.45) is 0 Å². The van der Waals surface area contributed by atoms with Crippen molar-refractivity contribution < 1.29 is 9.84 Å². The minimum atomic E-state index is -0.0866. The number of ether oxygens (including phenoxy) is 1. The predicted molar refractivity (Wildman–Crippen MR) is 72.8 cm³/mol. The van der Waals surface area contributed by atoms with Crippen LogP contribution in [0.1, 0.15) is 5.56 Å². The van der Waals surface area contributed by atoms with Crippen molar-refractivity contribution in [3.63, 3.8) is 0 Å². The minimum absolute atomic E-state index is 0.0866. The van der Waals surface area contributed by atoms with Crippen molar-refractivity contribution in [1.29, 1.82) is 0 Å². The molecule has 2 nitrogen and oxygen atoms in total. The zero-order valence-corrected chi connectivity index (χ0v) is 10.2. The summed E-state index contributed by atoms with van der Waals surface area (Å²) in [5, 5.41) is 9.39. The third-order valence-electron chi connectivity index (χ3n) is 2.56. The van der Waals surface area contributed by atoms with Gasteiger partial charge in [-0.05, 0) is 41.5 Å². The Morgan fingerprint density at radius 1 is 1.06 bits per heavy atom. The summed E-state index contributed by atoms with van der Waals surface area (Å²) in [4.78, 5) is 0. The molecule has 0 saturated carbocycles. The molecular weight excluding hydrogens is 232 g/mol. The number of aliphatic hydroxyl groups is 1. The Hall–Kier alpha value is -1.87. The molecule has 0 fully saturated rings. The molecule has 2 aromatic carbocycles. The summed E-state index contributed by atoms with van der Waals surface area (Å²) in [6, 6.07) is 15.2. The van der Waals surface area contributed by atoms with E-state index in [4.69, 9.17) is 17.0 Å². The van der Waals surface area contributed by atoms with E-state index in [1.807, 2.05) is 48.5 Å². The molecule has 3 heteroatoms. The fourth-order valence-electron chi connectivity index (χ4n) is 1.69. The summed E-state index contributed by atoms with van der Waals surface area (Å²) in [7, 11) is 1.63. The highest BCUT2D eigenvalue weighted by atomic mass is 32.1. The first-order valence-corrected chi connectivity index (χ1v) is 5.60. The van der Waals surface area contributed by atoms with Gasteiger partial charge in [-0.25, -0.2) is 0 Å². The lowest BCUT2D eigenvalue weighted by Gasteiger charge is -2.08. The topological polar surface area (TPSA) is 29.5 Å². The van der Waals surface area contributed by atoms with Crippen LogP contribution in [0.3, 0.4) is 0 Å². The lowest BCUT2D eigenvalue weighted by Crippen LogP contribution is -1.97. The fourth-order valence-corrected chi connectivity index (χ4v) is 1.87. The molecule has 0 amide bonds. The summed E-state index contributed by atoms with van der Waals surface area (Å²) < 4.78 is 5.11. The van der Waals surface area contributed by atoms with E-state index in [2.05, 4.69) is 0 Å². The van der Waals surface area contributed by atoms with Gasteiger partial charge >= 0.3 is 0 Å². The Bertz CT molecular complexity index is 532. The SMILES string of the molecule is COc1ccc(-c2ccccc2C(O)=S)cc1. The number of rotatable bonds is 3. The lowest BCUT2D eigenvalue weighted by atomic mass is 10.00. The summed E-state index contributed by atoms with van der Waals surface area (Å²) >= 11 is 4.83. The van der Waals surface area contributed by atoms with Gasteiger partial charge in [0.25, 0.3) is 0 Å². The first-order valence-electron chi connectivity index (χ1n) is 5.19. The van der Waals surface area contributed by atoms with Crippen LogP contribution in [-0.4, -0.2) is 17.3 Å². The second kappa shape index (κ2) is 4.97. The Labute approximate surface area is 105 Å². The van der Waals surface area contributed by atoms with Gasteiger partial charge in [-0.15, -0.1) is 0 Å². The van der Waals surface area contributed by atoms with Gasteiger partial charge in [-0.3, -0.25) is 0 Å². The quantitative estimate of drug-likeness (QED) is 0.837. The number of aliphatic hydroxyl groups excluding tert-OH is 1. The summed E-state index contributed by atoms with van der Waals surface area (Å²) in [6.45, 7) is 0. The lowest BCUT2D eigenvalue weighted by molar-refractivity contribution is 0.415. The van der Waals surface area contributed by atoms with Crippen LogP contribution < -0.4 is 4.74 Å². The van der Waals surface area contributed by atoms with E-state index in [-0.39, 0.29) is 5.05 Å². The van der Waals surface area contributed by atoms with Gasteiger partial charge in [-0.1, -0.05) is 30.3 Å². The van der Waals surface area contributed by atoms with Crippen molar-refractivity contribution in [2.75, 3.05) is 7.11 Å². The molecule has 0 unspecified atom stereocenters. The molecule has 86 valence electrons. The molecule has 2 rings (SSSR count). The fraction of sp³-hybridized carbons (Fsp3) is 0.0714. The zero-order chi connectivity index (χ0) is 12.3. The van der Waals surface area contributed by atoms with Crippen molar-refractivity contribution >= 4 is 17.3 Å². The summed E-state index contributed by atoms with van der Waals surface area (Å²) in [5.74, 6) is 0.804.